The lowest BCUT2D eigenvalue weighted by molar-refractivity contribution is -0.158. The maximum atomic E-state index is 13.4. The predicted molar refractivity (Wildman–Crippen MR) is 139 cm³/mol. The first-order chi connectivity index (χ1) is 17.0. The van der Waals surface area contributed by atoms with Gasteiger partial charge in [0, 0.05) is 6.42 Å². The van der Waals surface area contributed by atoms with Gasteiger partial charge in [0.1, 0.15) is 24.2 Å². The highest BCUT2D eigenvalue weighted by Gasteiger charge is 2.36. The molecule has 0 aromatic heterocycles. The van der Waals surface area contributed by atoms with Crippen LogP contribution in [-0.2, 0) is 30.3 Å². The number of esters is 1. The molecule has 0 bridgehead atoms. The molecule has 5 atom stereocenters. The van der Waals surface area contributed by atoms with E-state index >= 15 is 0 Å². The second-order valence-corrected chi connectivity index (χ2v) is 10.6. The number of cyclic esters (lactones) is 1. The maximum Gasteiger partial charge on any atom is 0.329 e. The smallest absolute Gasteiger partial charge is 0.329 e. The molecule has 1 aliphatic rings. The number of nitrogens with one attached hydrogen (secondary N) is 3. The molecule has 8 heteroatoms. The SMILES string of the molecule is CCCCC(C)C1CC(=O)NC(Cc2ccccc2)C(=O)NC(C(C)C)C(=O)NC(C(C)C)C(=O)O1. The fourth-order valence-electron chi connectivity index (χ4n) is 4.32. The summed E-state index contributed by atoms with van der Waals surface area (Å²) in [6.07, 6.45) is 2.28. The molecular weight excluding hydrogens is 458 g/mol. The zero-order chi connectivity index (χ0) is 26.8. The van der Waals surface area contributed by atoms with Gasteiger partial charge in [-0.15, -0.1) is 0 Å². The third-order valence-corrected chi connectivity index (χ3v) is 6.70. The Balaban J connectivity index is 2.43. The molecule has 2 rings (SSSR count). The minimum Gasteiger partial charge on any atom is -0.460 e. The molecule has 3 N–H and O–H groups in total. The molecular formula is C28H43N3O5. The zero-order valence-corrected chi connectivity index (χ0v) is 22.5. The molecule has 0 radical (unpaired) electrons. The van der Waals surface area contributed by atoms with Gasteiger partial charge in [0.15, 0.2) is 0 Å². The van der Waals surface area contributed by atoms with Crippen LogP contribution in [-0.4, -0.2) is 47.9 Å². The van der Waals surface area contributed by atoms with Crippen molar-refractivity contribution in [3.63, 3.8) is 0 Å². The molecule has 0 aliphatic carbocycles. The van der Waals surface area contributed by atoms with Crippen LogP contribution in [0.2, 0.25) is 0 Å². The molecule has 200 valence electrons. The molecule has 3 amide bonds. The van der Waals surface area contributed by atoms with E-state index in [9.17, 15) is 19.2 Å². The van der Waals surface area contributed by atoms with Gasteiger partial charge in [-0.05, 0) is 29.7 Å². The summed E-state index contributed by atoms with van der Waals surface area (Å²) in [6.45, 7) is 11.3. The van der Waals surface area contributed by atoms with Crippen molar-refractivity contribution in [2.45, 2.75) is 97.9 Å². The van der Waals surface area contributed by atoms with Crippen LogP contribution in [0.1, 0.15) is 72.8 Å². The fourth-order valence-corrected chi connectivity index (χ4v) is 4.32. The first-order valence-corrected chi connectivity index (χ1v) is 13.2. The molecule has 1 aromatic carbocycles. The summed E-state index contributed by atoms with van der Waals surface area (Å²) >= 11 is 0. The predicted octanol–water partition coefficient (Wildman–Crippen LogP) is 3.14. The molecule has 1 aliphatic heterocycles. The maximum absolute atomic E-state index is 13.4. The number of benzene rings is 1. The average molecular weight is 502 g/mol. The van der Waals surface area contributed by atoms with Crippen molar-refractivity contribution in [3.8, 4) is 0 Å². The van der Waals surface area contributed by atoms with E-state index in [1.807, 2.05) is 65.0 Å². The van der Waals surface area contributed by atoms with Crippen molar-refractivity contribution in [1.29, 1.82) is 0 Å². The Morgan fingerprint density at radius 1 is 0.861 bits per heavy atom. The lowest BCUT2D eigenvalue weighted by atomic mass is 9.94. The highest BCUT2D eigenvalue weighted by atomic mass is 16.5. The highest BCUT2D eigenvalue weighted by Crippen LogP contribution is 2.21. The van der Waals surface area contributed by atoms with Gasteiger partial charge in [-0.1, -0.05) is 84.7 Å². The number of unbranched alkanes of at least 4 members (excludes halogenated alkanes) is 1. The lowest BCUT2D eigenvalue weighted by Crippen LogP contribution is -2.58. The molecule has 36 heavy (non-hydrogen) atoms. The van der Waals surface area contributed by atoms with E-state index in [4.69, 9.17) is 4.74 Å². The van der Waals surface area contributed by atoms with Gasteiger partial charge in [-0.25, -0.2) is 4.79 Å². The van der Waals surface area contributed by atoms with E-state index in [2.05, 4.69) is 22.9 Å². The molecule has 8 nitrogen and oxygen atoms in total. The van der Waals surface area contributed by atoms with E-state index in [1.165, 1.54) is 0 Å². The Morgan fingerprint density at radius 3 is 2.06 bits per heavy atom. The Hall–Kier alpha value is -2.90. The molecule has 1 saturated heterocycles. The van der Waals surface area contributed by atoms with Crippen LogP contribution in [0, 0.1) is 17.8 Å². The summed E-state index contributed by atoms with van der Waals surface area (Å²) < 4.78 is 5.87. The number of hydrogen-bond donors (Lipinski definition) is 3. The third kappa shape index (κ3) is 8.64. The Labute approximate surface area is 215 Å². The summed E-state index contributed by atoms with van der Waals surface area (Å²) in [5.74, 6) is -2.35. The van der Waals surface area contributed by atoms with Crippen LogP contribution < -0.4 is 16.0 Å². The number of ether oxygens (including phenoxy) is 1. The minimum atomic E-state index is -0.888. The molecule has 1 heterocycles. The van der Waals surface area contributed by atoms with Gasteiger partial charge in [0.2, 0.25) is 17.7 Å². The monoisotopic (exact) mass is 501 g/mol. The van der Waals surface area contributed by atoms with Crippen molar-refractivity contribution in [2.24, 2.45) is 17.8 Å². The van der Waals surface area contributed by atoms with E-state index < -0.39 is 42.0 Å². The number of amides is 3. The Morgan fingerprint density at radius 2 is 1.47 bits per heavy atom. The highest BCUT2D eigenvalue weighted by molar-refractivity contribution is 5.94. The first-order valence-electron chi connectivity index (χ1n) is 13.2. The minimum absolute atomic E-state index is 0.0540. The van der Waals surface area contributed by atoms with Gasteiger partial charge in [-0.2, -0.15) is 0 Å². The van der Waals surface area contributed by atoms with Crippen molar-refractivity contribution in [1.82, 2.24) is 16.0 Å². The van der Waals surface area contributed by atoms with E-state index in [-0.39, 0.29) is 36.5 Å². The van der Waals surface area contributed by atoms with E-state index in [0.29, 0.717) is 0 Å². The quantitative estimate of drug-likeness (QED) is 0.474. The average Bonchev–Trinajstić information content (AvgIpc) is 2.83. The topological polar surface area (TPSA) is 114 Å². The Kier molecular flexibility index (Phi) is 11.4. The standard InChI is InChI=1S/C28H43N3O5/c1-7-8-12-19(6)22-16-23(32)29-21(15-20-13-10-9-11-14-20)26(33)30-24(17(2)3)27(34)31-25(18(4)5)28(35)36-22/h9-11,13-14,17-19,21-22,24-25H,7-8,12,15-16H2,1-6H3,(H,29,32)(H,30,33)(H,31,34). The first kappa shape index (κ1) is 29.3. The number of carbonyl (C=O) groups excluding carboxylic acids is 4. The normalized spacial score (nSPS) is 25.1. The summed E-state index contributed by atoms with van der Waals surface area (Å²) in [5, 5.41) is 8.46. The zero-order valence-electron chi connectivity index (χ0n) is 22.5. The van der Waals surface area contributed by atoms with Crippen LogP contribution in [0.5, 0.6) is 0 Å². The largest absolute Gasteiger partial charge is 0.460 e. The van der Waals surface area contributed by atoms with Gasteiger partial charge in [0.05, 0.1) is 6.42 Å². The third-order valence-electron chi connectivity index (χ3n) is 6.70. The van der Waals surface area contributed by atoms with Crippen LogP contribution in [0.25, 0.3) is 0 Å². The van der Waals surface area contributed by atoms with Crippen molar-refractivity contribution >= 4 is 23.7 Å². The Bertz CT molecular complexity index is 886. The second-order valence-electron chi connectivity index (χ2n) is 10.6. The number of carbonyl (C=O) groups is 4. The summed E-state index contributed by atoms with van der Waals surface area (Å²) in [6, 6.07) is 6.76. The van der Waals surface area contributed by atoms with E-state index in [1.54, 1.807) is 0 Å². The fraction of sp³-hybridized carbons (Fsp3) is 0.643. The van der Waals surface area contributed by atoms with Gasteiger partial charge in [0.25, 0.3) is 0 Å². The summed E-state index contributed by atoms with van der Waals surface area (Å²) in [4.78, 5) is 52.9. The summed E-state index contributed by atoms with van der Waals surface area (Å²) in [5.41, 5.74) is 0.881. The van der Waals surface area contributed by atoms with Crippen molar-refractivity contribution < 1.29 is 23.9 Å². The molecule has 0 spiro atoms. The lowest BCUT2D eigenvalue weighted by Gasteiger charge is -2.29. The van der Waals surface area contributed by atoms with Crippen molar-refractivity contribution in [3.05, 3.63) is 35.9 Å². The van der Waals surface area contributed by atoms with Crippen LogP contribution in [0.3, 0.4) is 0 Å². The van der Waals surface area contributed by atoms with Crippen molar-refractivity contribution in [2.75, 3.05) is 0 Å². The molecule has 0 saturated carbocycles. The summed E-state index contributed by atoms with van der Waals surface area (Å²) in [7, 11) is 0. The van der Waals surface area contributed by atoms with Gasteiger partial charge < -0.3 is 20.7 Å². The second kappa shape index (κ2) is 14.0. The van der Waals surface area contributed by atoms with E-state index in [0.717, 1.165) is 24.8 Å². The number of hydrogen-bond acceptors (Lipinski definition) is 5. The van der Waals surface area contributed by atoms with Crippen LogP contribution in [0.15, 0.2) is 30.3 Å². The molecule has 1 fully saturated rings. The van der Waals surface area contributed by atoms with Gasteiger partial charge in [-0.3, -0.25) is 14.4 Å². The molecule has 1 aromatic rings. The van der Waals surface area contributed by atoms with Crippen LogP contribution >= 0.6 is 0 Å². The molecule has 5 unspecified atom stereocenters. The van der Waals surface area contributed by atoms with Crippen LogP contribution in [0.4, 0.5) is 0 Å². The van der Waals surface area contributed by atoms with Gasteiger partial charge >= 0.3 is 5.97 Å². The number of rotatable bonds is 8.